The number of hydrazone groups is 1. The van der Waals surface area contributed by atoms with Gasteiger partial charge in [-0.15, -0.1) is 13.8 Å². The van der Waals surface area contributed by atoms with Gasteiger partial charge in [-0.2, -0.15) is 31.6 Å². The molecule has 316 valence electrons. The van der Waals surface area contributed by atoms with Gasteiger partial charge in [-0.05, 0) is 74.2 Å². The Kier molecular flexibility index (Phi) is 14.6. The van der Waals surface area contributed by atoms with E-state index >= 15 is 0 Å². The van der Waals surface area contributed by atoms with Gasteiger partial charge in [0, 0.05) is 35.5 Å². The normalized spacial score (nSPS) is 15.9. The fourth-order valence-corrected chi connectivity index (χ4v) is 7.53. The van der Waals surface area contributed by atoms with Crippen LogP contribution in [0.5, 0.6) is 5.88 Å². The lowest BCUT2D eigenvalue weighted by molar-refractivity contribution is -0.432. The highest BCUT2D eigenvalue weighted by molar-refractivity contribution is 7.94. The molecule has 2 aliphatic rings. The minimum Gasteiger partial charge on any atom is -0.493 e. The molecule has 0 radical (unpaired) electrons. The average Bonchev–Trinajstić information content (AvgIpc) is 3.87. The fraction of sp³-hybridized carbons (Fsp3) is 0.194. The van der Waals surface area contributed by atoms with Gasteiger partial charge < -0.3 is 20.1 Å². The first-order valence-corrected chi connectivity index (χ1v) is 20.6. The first-order chi connectivity index (χ1) is 28.0. The number of hydrogen-bond acceptors (Lipinski definition) is 20. The van der Waals surface area contributed by atoms with Crippen molar-refractivity contribution in [1.82, 2.24) is 25.3 Å². The van der Waals surface area contributed by atoms with Gasteiger partial charge in [-0.1, -0.05) is 10.1 Å². The predicted octanol–water partition coefficient (Wildman–Crippen LogP) is 2.29. The zero-order valence-electron chi connectivity index (χ0n) is 30.1. The lowest BCUT2D eigenvalue weighted by atomic mass is 10.1. The molecular weight excluding hydrogens is 871 g/mol. The van der Waals surface area contributed by atoms with Crippen LogP contribution in [0, 0.1) is 0 Å². The maximum absolute atomic E-state index is 13.9. The Labute approximate surface area is 341 Å². The number of anilines is 1. The summed E-state index contributed by atoms with van der Waals surface area (Å²) in [6.45, 7) is -0.0115. The summed E-state index contributed by atoms with van der Waals surface area (Å²) in [7, 11) is -7.16. The minimum absolute atomic E-state index is 0.0746. The first kappa shape index (κ1) is 44.9. The Bertz CT molecular complexity index is 2490. The van der Waals surface area contributed by atoms with E-state index in [0.717, 1.165) is 30.3 Å². The third-order valence-corrected chi connectivity index (χ3v) is 10.9. The van der Waals surface area contributed by atoms with E-state index in [9.17, 15) is 45.4 Å². The number of likely N-dealkylation sites (tertiary alicyclic amines) is 1. The summed E-state index contributed by atoms with van der Waals surface area (Å²) in [5.41, 5.74) is -1.89. The van der Waals surface area contributed by atoms with E-state index in [0.29, 0.717) is 40.2 Å². The molecule has 2 aromatic carbocycles. The highest BCUT2D eigenvalue weighted by Crippen LogP contribution is 2.36. The molecule has 0 spiro atoms. The van der Waals surface area contributed by atoms with Crippen LogP contribution in [0.25, 0.3) is 11.8 Å². The third-order valence-electron chi connectivity index (χ3n) is 7.96. The van der Waals surface area contributed by atoms with Crippen LogP contribution >= 0.6 is 24.1 Å². The summed E-state index contributed by atoms with van der Waals surface area (Å²) in [4.78, 5) is 40.0. The molecule has 0 saturated carbocycles. The van der Waals surface area contributed by atoms with Crippen LogP contribution in [-0.4, -0.2) is 107 Å². The van der Waals surface area contributed by atoms with Crippen LogP contribution in [0.15, 0.2) is 90.6 Å². The zero-order valence-corrected chi connectivity index (χ0v) is 33.4. The summed E-state index contributed by atoms with van der Waals surface area (Å²) in [5, 5.41) is 49.6. The number of rotatable bonds is 17. The van der Waals surface area contributed by atoms with Gasteiger partial charge in [0.05, 0.1) is 41.0 Å². The Morgan fingerprint density at radius 3 is 2.10 bits per heavy atom. The van der Waals surface area contributed by atoms with E-state index in [4.69, 9.17) is 15.3 Å². The number of amides is 3. The Morgan fingerprint density at radius 2 is 1.56 bits per heavy atom. The molecule has 3 aromatic rings. The van der Waals surface area contributed by atoms with E-state index in [2.05, 4.69) is 39.6 Å². The van der Waals surface area contributed by atoms with Gasteiger partial charge in [0.2, 0.25) is 17.7 Å². The Hall–Kier alpha value is -5.21. The lowest BCUT2D eigenvalue weighted by Gasteiger charge is -2.17. The Balaban J connectivity index is 1.64. The second kappa shape index (κ2) is 19.2. The highest BCUT2D eigenvalue weighted by atomic mass is 32.2. The van der Waals surface area contributed by atoms with E-state index in [-0.39, 0.29) is 58.1 Å². The average molecular weight is 902 g/mol. The standard InChI is InChI=1S/C31H31N7O17S4/c1-32-16-51-29-21(31(42)38(35-29)23-15-19(57-55-53-44)8-12-25(23)59(48,49)50)10-6-17(36-13-3-4-26(36)39)5-9-20-27(28(40)33-2)34-37(30(20)41)22-14-18(56-54-52-43)7-11-24(22)58(45,46)47/h5-12,14-15,32,41,43-44H,3-4,13,16H2,1-2H3,(H,33,40)(H,45,46,47)(H,48,49,50)/b9-5?,17-6?,21-10-. The molecule has 3 heterocycles. The number of aromatic hydroxyl groups is 1. The van der Waals surface area contributed by atoms with Gasteiger partial charge >= 0.3 is 0 Å². The molecule has 28 heteroatoms. The molecule has 3 amide bonds. The molecule has 0 bridgehead atoms. The number of ether oxygens (including phenoxy) is 1. The van der Waals surface area contributed by atoms with Crippen molar-refractivity contribution in [1.29, 1.82) is 0 Å². The molecule has 1 aromatic heterocycles. The van der Waals surface area contributed by atoms with E-state index in [1.165, 1.54) is 49.4 Å². The molecule has 0 aliphatic carbocycles. The van der Waals surface area contributed by atoms with Crippen molar-refractivity contribution in [3.8, 4) is 11.6 Å². The quantitative estimate of drug-likeness (QED) is 0.0194. The van der Waals surface area contributed by atoms with Gasteiger partial charge in [0.25, 0.3) is 32.1 Å². The van der Waals surface area contributed by atoms with Crippen LogP contribution in [0.2, 0.25) is 0 Å². The maximum Gasteiger partial charge on any atom is 0.296 e. The number of aromatic nitrogens is 2. The smallest absolute Gasteiger partial charge is 0.296 e. The number of hydrogen-bond donors (Lipinski definition) is 7. The van der Waals surface area contributed by atoms with Crippen molar-refractivity contribution in [2.24, 2.45) is 5.10 Å². The van der Waals surface area contributed by atoms with Crippen molar-refractivity contribution in [2.75, 3.05) is 32.4 Å². The maximum atomic E-state index is 13.9. The van der Waals surface area contributed by atoms with Crippen molar-refractivity contribution in [2.45, 2.75) is 32.4 Å². The van der Waals surface area contributed by atoms with Gasteiger partial charge in [0.1, 0.15) is 22.1 Å². The molecule has 2 aliphatic heterocycles. The molecule has 0 unspecified atom stereocenters. The molecule has 1 fully saturated rings. The summed E-state index contributed by atoms with van der Waals surface area (Å²) in [6.07, 6.45) is 5.49. The lowest BCUT2D eigenvalue weighted by Crippen LogP contribution is -2.24. The van der Waals surface area contributed by atoms with Crippen LogP contribution in [-0.2, 0) is 53.3 Å². The number of benzene rings is 2. The van der Waals surface area contributed by atoms with Crippen molar-refractivity contribution < 1.29 is 79.4 Å². The number of nitrogens with one attached hydrogen (secondary N) is 2. The first-order valence-electron chi connectivity index (χ1n) is 16.2. The summed E-state index contributed by atoms with van der Waals surface area (Å²) in [6, 6.07) is 6.37. The molecule has 24 nitrogen and oxygen atoms in total. The van der Waals surface area contributed by atoms with Crippen molar-refractivity contribution in [3.05, 3.63) is 77.2 Å². The topological polar surface area (TPSA) is 328 Å². The monoisotopic (exact) mass is 901 g/mol. The minimum atomic E-state index is -4.97. The molecule has 5 rings (SSSR count). The second-order valence-corrected chi connectivity index (χ2v) is 15.9. The molecular formula is C31H31N7O17S4. The molecule has 59 heavy (non-hydrogen) atoms. The number of carbonyl (C=O) groups excluding carboxylic acids is 3. The zero-order chi connectivity index (χ0) is 43.1. The SMILES string of the molecule is CNCOC1=NN(c2cc(SOOO)ccc2S(=O)(=O)O)C(=O)/C1=C\C=C(C=Cc1c(C(=O)NC)nn(-c2cc(SOOO)ccc2S(=O)(=O)O)c1O)N1CCCC1=O. The molecule has 1 saturated heterocycles. The summed E-state index contributed by atoms with van der Waals surface area (Å²) < 4.78 is 84.2. The van der Waals surface area contributed by atoms with E-state index < -0.39 is 64.8 Å². The van der Waals surface area contributed by atoms with Gasteiger partial charge in [0.15, 0.2) is 5.69 Å². The molecule has 0 atom stereocenters. The highest BCUT2D eigenvalue weighted by Gasteiger charge is 2.36. The van der Waals surface area contributed by atoms with Crippen molar-refractivity contribution >= 4 is 79.7 Å². The van der Waals surface area contributed by atoms with Crippen LogP contribution in [0.1, 0.15) is 28.9 Å². The summed E-state index contributed by atoms with van der Waals surface area (Å²) >= 11 is 0.830. The number of nitrogens with zero attached hydrogens (tertiary/aromatic N) is 5. The predicted molar refractivity (Wildman–Crippen MR) is 202 cm³/mol. The fourth-order valence-electron chi connectivity index (χ4n) is 5.45. The van der Waals surface area contributed by atoms with E-state index in [1.807, 2.05) is 0 Å². The van der Waals surface area contributed by atoms with Crippen LogP contribution < -0.4 is 15.6 Å². The number of allylic oxidation sites excluding steroid dienone is 3. The van der Waals surface area contributed by atoms with Gasteiger partial charge in [-0.25, -0.2) is 10.5 Å². The second-order valence-electron chi connectivity index (χ2n) is 11.6. The third kappa shape index (κ3) is 10.3. The van der Waals surface area contributed by atoms with Crippen LogP contribution in [0.4, 0.5) is 5.69 Å². The number of carbonyl (C=O) groups is 3. The van der Waals surface area contributed by atoms with Crippen molar-refractivity contribution in [3.63, 3.8) is 0 Å². The van der Waals surface area contributed by atoms with Crippen LogP contribution in [0.3, 0.4) is 0 Å². The largest absolute Gasteiger partial charge is 0.493 e. The molecule has 7 N–H and O–H groups in total. The van der Waals surface area contributed by atoms with Gasteiger partial charge in [-0.3, -0.25) is 28.8 Å². The summed E-state index contributed by atoms with van der Waals surface area (Å²) in [5.74, 6) is -3.34. The van der Waals surface area contributed by atoms with E-state index in [1.54, 1.807) is 0 Å². The Morgan fingerprint density at radius 1 is 0.949 bits per heavy atom.